The van der Waals surface area contributed by atoms with E-state index in [4.69, 9.17) is 11.6 Å². The number of non-ortho nitro benzene ring substituents is 1. The molecule has 0 fully saturated rings. The highest BCUT2D eigenvalue weighted by molar-refractivity contribution is 6.31. The predicted molar refractivity (Wildman–Crippen MR) is 112 cm³/mol. The van der Waals surface area contributed by atoms with Crippen LogP contribution in [-0.2, 0) is 9.59 Å². The summed E-state index contributed by atoms with van der Waals surface area (Å²) in [7, 11) is 0. The molecular weight excluding hydrogens is 426 g/mol. The Balaban J connectivity index is 1.90. The Morgan fingerprint density at radius 1 is 1.00 bits per heavy atom. The van der Waals surface area contributed by atoms with Crippen LogP contribution in [0.3, 0.4) is 0 Å². The van der Waals surface area contributed by atoms with Crippen LogP contribution >= 0.6 is 11.6 Å². The molecule has 0 radical (unpaired) electrons. The van der Waals surface area contributed by atoms with Crippen molar-refractivity contribution in [3.05, 3.63) is 84.5 Å². The Morgan fingerprint density at radius 3 is 2.48 bits per heavy atom. The smallest absolute Gasteiger partial charge is 0.294 e. The predicted octanol–water partition coefficient (Wildman–Crippen LogP) is 4.68. The standard InChI is InChI=1S/C21H16ClN3O6/c22-13-7-8-16(18(10-13)25(30)31)23-17-5-2-6-19(26)21(17)15(11-20(23)27)12-3-1-4-14(9-12)24(28)29/h1,3-4,7-10,15H,2,5-6,11H2. The van der Waals surface area contributed by atoms with Gasteiger partial charge in [-0.25, -0.2) is 0 Å². The number of nitro benzene ring substituents is 2. The maximum Gasteiger partial charge on any atom is 0.294 e. The Bertz CT molecular complexity index is 1180. The normalized spacial score (nSPS) is 18.7. The van der Waals surface area contributed by atoms with Crippen LogP contribution in [0, 0.1) is 20.2 Å². The zero-order valence-corrected chi connectivity index (χ0v) is 16.9. The minimum atomic E-state index is -0.641. The number of ketones is 1. The van der Waals surface area contributed by atoms with Gasteiger partial charge in [-0.1, -0.05) is 23.7 Å². The van der Waals surface area contributed by atoms with Gasteiger partial charge in [0.25, 0.3) is 11.4 Å². The van der Waals surface area contributed by atoms with Crippen LogP contribution < -0.4 is 4.90 Å². The fraction of sp³-hybridized carbons (Fsp3) is 0.238. The molecule has 158 valence electrons. The van der Waals surface area contributed by atoms with Crippen LogP contribution in [0.25, 0.3) is 0 Å². The molecule has 31 heavy (non-hydrogen) atoms. The molecule has 0 bridgehead atoms. The van der Waals surface area contributed by atoms with Gasteiger partial charge in [-0.15, -0.1) is 0 Å². The highest BCUT2D eigenvalue weighted by Gasteiger charge is 2.41. The van der Waals surface area contributed by atoms with Crippen molar-refractivity contribution < 1.29 is 19.4 Å². The molecular formula is C21H16ClN3O6. The summed E-state index contributed by atoms with van der Waals surface area (Å²) in [5, 5.41) is 22.9. The number of nitrogens with zero attached hydrogens (tertiary/aromatic N) is 3. The number of nitro groups is 2. The summed E-state index contributed by atoms with van der Waals surface area (Å²) in [5.74, 6) is -1.22. The first-order valence-corrected chi connectivity index (χ1v) is 9.93. The van der Waals surface area contributed by atoms with Crippen molar-refractivity contribution in [2.45, 2.75) is 31.6 Å². The number of carbonyl (C=O) groups is 2. The average Bonchev–Trinajstić information content (AvgIpc) is 2.73. The van der Waals surface area contributed by atoms with Crippen LogP contribution in [0.15, 0.2) is 53.7 Å². The quantitative estimate of drug-likeness (QED) is 0.501. The molecule has 0 aromatic heterocycles. The minimum absolute atomic E-state index is 0.0547. The van der Waals surface area contributed by atoms with E-state index in [-0.39, 0.29) is 40.7 Å². The molecule has 1 aliphatic heterocycles. The maximum absolute atomic E-state index is 13.2. The van der Waals surface area contributed by atoms with E-state index in [1.54, 1.807) is 6.07 Å². The molecule has 9 nitrogen and oxygen atoms in total. The molecule has 2 aromatic carbocycles. The van der Waals surface area contributed by atoms with Crippen LogP contribution in [0.2, 0.25) is 5.02 Å². The van der Waals surface area contributed by atoms with Crippen molar-refractivity contribution in [1.29, 1.82) is 0 Å². The van der Waals surface area contributed by atoms with Gasteiger partial charge < -0.3 is 0 Å². The Kier molecular flexibility index (Phi) is 5.28. The lowest BCUT2D eigenvalue weighted by molar-refractivity contribution is -0.384. The van der Waals surface area contributed by atoms with E-state index in [0.717, 1.165) is 0 Å². The van der Waals surface area contributed by atoms with Crippen molar-refractivity contribution in [2.75, 3.05) is 4.90 Å². The summed E-state index contributed by atoms with van der Waals surface area (Å²) in [4.78, 5) is 49.0. The third kappa shape index (κ3) is 3.68. The molecule has 2 aromatic rings. The molecule has 1 amide bonds. The maximum atomic E-state index is 13.2. The molecule has 10 heteroatoms. The molecule has 1 heterocycles. The number of amides is 1. The fourth-order valence-electron chi connectivity index (χ4n) is 4.24. The number of benzene rings is 2. The van der Waals surface area contributed by atoms with Gasteiger partial charge >= 0.3 is 0 Å². The number of hydrogen-bond acceptors (Lipinski definition) is 6. The molecule has 1 aliphatic carbocycles. The lowest BCUT2D eigenvalue weighted by Gasteiger charge is -2.38. The Labute approximate surface area is 181 Å². The number of rotatable bonds is 4. The summed E-state index contributed by atoms with van der Waals surface area (Å²) >= 11 is 5.91. The van der Waals surface area contributed by atoms with Gasteiger partial charge in [0, 0.05) is 53.3 Å². The SMILES string of the molecule is O=C1CCCC2=C1C(c1cccc([N+](=O)[O-])c1)CC(=O)N2c1ccc(Cl)cc1[N+](=O)[O-]. The zero-order valence-electron chi connectivity index (χ0n) is 16.1. The first kappa shape index (κ1) is 20.7. The zero-order chi connectivity index (χ0) is 22.3. The fourth-order valence-corrected chi connectivity index (χ4v) is 4.41. The van der Waals surface area contributed by atoms with Gasteiger partial charge in [-0.2, -0.15) is 0 Å². The lowest BCUT2D eigenvalue weighted by atomic mass is 9.77. The first-order chi connectivity index (χ1) is 14.8. The van der Waals surface area contributed by atoms with E-state index in [1.807, 2.05) is 0 Å². The first-order valence-electron chi connectivity index (χ1n) is 9.55. The van der Waals surface area contributed by atoms with E-state index in [9.17, 15) is 29.8 Å². The van der Waals surface area contributed by atoms with Crippen LogP contribution in [-0.4, -0.2) is 21.5 Å². The van der Waals surface area contributed by atoms with E-state index >= 15 is 0 Å². The highest BCUT2D eigenvalue weighted by Crippen LogP contribution is 2.45. The van der Waals surface area contributed by atoms with Crippen molar-refractivity contribution in [2.24, 2.45) is 0 Å². The summed E-state index contributed by atoms with van der Waals surface area (Å²) in [6, 6.07) is 9.90. The number of Topliss-reactive ketones (excluding diaryl/α,β-unsaturated/α-hetero) is 1. The largest absolute Gasteiger partial charge is 0.294 e. The summed E-state index contributed by atoms with van der Waals surface area (Å²) in [6.45, 7) is 0. The third-order valence-electron chi connectivity index (χ3n) is 5.53. The molecule has 2 aliphatic rings. The second-order valence-electron chi connectivity index (χ2n) is 7.37. The van der Waals surface area contributed by atoms with E-state index in [1.165, 1.54) is 41.3 Å². The van der Waals surface area contributed by atoms with Gasteiger partial charge in [0.1, 0.15) is 5.69 Å². The van der Waals surface area contributed by atoms with E-state index in [2.05, 4.69) is 0 Å². The summed E-state index contributed by atoms with van der Waals surface area (Å²) in [6.07, 6.45) is 1.04. The Hall–Kier alpha value is -3.59. The third-order valence-corrected chi connectivity index (χ3v) is 5.77. The Morgan fingerprint density at radius 2 is 1.77 bits per heavy atom. The second kappa shape index (κ2) is 7.92. The molecule has 0 spiro atoms. The van der Waals surface area contributed by atoms with Crippen LogP contribution in [0.1, 0.15) is 37.2 Å². The topological polar surface area (TPSA) is 124 Å². The number of anilines is 1. The summed E-state index contributed by atoms with van der Waals surface area (Å²) in [5.41, 5.74) is 0.880. The highest BCUT2D eigenvalue weighted by atomic mass is 35.5. The van der Waals surface area contributed by atoms with Gasteiger partial charge in [0.15, 0.2) is 5.78 Å². The molecule has 0 saturated carbocycles. The van der Waals surface area contributed by atoms with Gasteiger partial charge in [0.05, 0.1) is 9.85 Å². The molecule has 1 unspecified atom stereocenters. The van der Waals surface area contributed by atoms with Gasteiger partial charge in [0.2, 0.25) is 5.91 Å². The van der Waals surface area contributed by atoms with Crippen LogP contribution in [0.5, 0.6) is 0 Å². The average molecular weight is 442 g/mol. The lowest BCUT2D eigenvalue weighted by Crippen LogP contribution is -2.40. The molecule has 1 atom stereocenters. The van der Waals surface area contributed by atoms with Gasteiger partial charge in [-0.05, 0) is 30.5 Å². The number of hydrogen-bond donors (Lipinski definition) is 0. The van der Waals surface area contributed by atoms with Crippen molar-refractivity contribution >= 4 is 40.4 Å². The van der Waals surface area contributed by atoms with E-state index in [0.29, 0.717) is 29.7 Å². The number of halogens is 1. The van der Waals surface area contributed by atoms with E-state index < -0.39 is 21.7 Å². The number of allylic oxidation sites excluding steroid dienone is 2. The summed E-state index contributed by atoms with van der Waals surface area (Å²) < 4.78 is 0. The molecule has 0 N–H and O–H groups in total. The van der Waals surface area contributed by atoms with Crippen molar-refractivity contribution in [1.82, 2.24) is 0 Å². The number of carbonyl (C=O) groups excluding carboxylic acids is 2. The van der Waals surface area contributed by atoms with Gasteiger partial charge in [-0.3, -0.25) is 34.7 Å². The van der Waals surface area contributed by atoms with Crippen molar-refractivity contribution in [3.63, 3.8) is 0 Å². The van der Waals surface area contributed by atoms with Crippen LogP contribution in [0.4, 0.5) is 17.1 Å². The monoisotopic (exact) mass is 441 g/mol. The van der Waals surface area contributed by atoms with Crippen molar-refractivity contribution in [3.8, 4) is 0 Å². The minimum Gasteiger partial charge on any atom is -0.294 e. The second-order valence-corrected chi connectivity index (χ2v) is 7.80. The molecule has 0 saturated heterocycles. The molecule has 4 rings (SSSR count).